The van der Waals surface area contributed by atoms with Gasteiger partial charge in [-0.25, -0.2) is 8.42 Å². The van der Waals surface area contributed by atoms with E-state index in [9.17, 15) is 13.0 Å². The third kappa shape index (κ3) is 8.16. The summed E-state index contributed by atoms with van der Waals surface area (Å²) in [6, 6.07) is -0.0838. The van der Waals surface area contributed by atoms with Gasteiger partial charge in [0.2, 0.25) is 0 Å². The lowest BCUT2D eigenvalue weighted by molar-refractivity contribution is -0.775. The summed E-state index contributed by atoms with van der Waals surface area (Å²) in [5.74, 6) is -0.342. The second kappa shape index (κ2) is 9.15. The molecular formula is C14H27N3O3S. The second-order valence-corrected chi connectivity index (χ2v) is 7.12. The number of nitrogens with zero attached hydrogens (tertiary/aromatic N) is 3. The van der Waals surface area contributed by atoms with Crippen molar-refractivity contribution in [2.24, 2.45) is 0 Å². The first-order valence-electron chi connectivity index (χ1n) is 7.81. The smallest absolute Gasteiger partial charge is 0.155 e. The maximum Gasteiger partial charge on any atom is 0.155 e. The van der Waals surface area contributed by atoms with Crippen molar-refractivity contribution in [2.75, 3.05) is 5.75 Å². The Morgan fingerprint density at radius 1 is 1.24 bits per heavy atom. The molecule has 0 aromatic carbocycles. The Bertz CT molecular complexity index is 499. The van der Waals surface area contributed by atoms with Crippen LogP contribution in [0.4, 0.5) is 0 Å². The van der Waals surface area contributed by atoms with E-state index in [4.69, 9.17) is 0 Å². The SMILES string of the molecule is CCCCCCCCn1cc[n+](C(C)CCS(=O)(=O)[O-])n1. The highest BCUT2D eigenvalue weighted by atomic mass is 32.2. The molecule has 0 aliphatic rings. The van der Waals surface area contributed by atoms with Gasteiger partial charge in [0.15, 0.2) is 12.4 Å². The van der Waals surface area contributed by atoms with Gasteiger partial charge >= 0.3 is 0 Å². The standard InChI is InChI=1S/C14H27N3O3S/c1-3-4-5-6-7-8-10-16-11-12-17(15-16)14(2)9-13-21(18,19)20/h11-12,14H,3-10,13H2,1-2H3. The Labute approximate surface area is 127 Å². The Hall–Kier alpha value is -0.950. The highest BCUT2D eigenvalue weighted by Crippen LogP contribution is 2.06. The molecule has 6 nitrogen and oxygen atoms in total. The third-order valence-corrected chi connectivity index (χ3v) is 4.32. The summed E-state index contributed by atoms with van der Waals surface area (Å²) in [5.41, 5.74) is 0. The van der Waals surface area contributed by atoms with Crippen molar-refractivity contribution in [3.63, 3.8) is 0 Å². The number of aryl methyl sites for hydroxylation is 1. The fourth-order valence-electron chi connectivity index (χ4n) is 2.19. The number of rotatable bonds is 11. The molecule has 0 radical (unpaired) electrons. The predicted molar refractivity (Wildman–Crippen MR) is 79.7 cm³/mol. The molecular weight excluding hydrogens is 290 g/mol. The Kier molecular flexibility index (Phi) is 7.88. The number of hydrogen-bond acceptors (Lipinski definition) is 4. The minimum Gasteiger partial charge on any atom is -0.748 e. The van der Waals surface area contributed by atoms with Crippen LogP contribution in [0, 0.1) is 0 Å². The van der Waals surface area contributed by atoms with E-state index in [2.05, 4.69) is 12.1 Å². The van der Waals surface area contributed by atoms with Gasteiger partial charge in [0.25, 0.3) is 0 Å². The van der Waals surface area contributed by atoms with Crippen LogP contribution in [0.5, 0.6) is 0 Å². The Balaban J connectivity index is 2.29. The van der Waals surface area contributed by atoms with E-state index in [-0.39, 0.29) is 11.8 Å². The molecule has 0 saturated heterocycles. The van der Waals surface area contributed by atoms with Gasteiger partial charge in [-0.05, 0) is 19.8 Å². The van der Waals surface area contributed by atoms with Crippen LogP contribution in [0.3, 0.4) is 0 Å². The van der Waals surface area contributed by atoms with E-state index in [1.165, 1.54) is 32.1 Å². The lowest BCUT2D eigenvalue weighted by Crippen LogP contribution is -2.41. The number of aromatic nitrogens is 3. The second-order valence-electron chi connectivity index (χ2n) is 5.60. The maximum atomic E-state index is 10.6. The monoisotopic (exact) mass is 317 g/mol. The number of unbranched alkanes of at least 4 members (excludes halogenated alkanes) is 5. The molecule has 21 heavy (non-hydrogen) atoms. The van der Waals surface area contributed by atoms with Crippen molar-refractivity contribution in [3.05, 3.63) is 12.4 Å². The van der Waals surface area contributed by atoms with Gasteiger partial charge < -0.3 is 4.55 Å². The molecule has 1 aromatic heterocycles. The van der Waals surface area contributed by atoms with Gasteiger partial charge in [0.05, 0.1) is 15.3 Å². The van der Waals surface area contributed by atoms with Gasteiger partial charge in [-0.3, -0.25) is 0 Å². The lowest BCUT2D eigenvalue weighted by atomic mass is 10.1. The first kappa shape index (κ1) is 18.1. The average molecular weight is 317 g/mol. The number of hydrogen-bond donors (Lipinski definition) is 0. The Morgan fingerprint density at radius 2 is 1.90 bits per heavy atom. The van der Waals surface area contributed by atoms with Crippen LogP contribution in [0.1, 0.15) is 64.8 Å². The first-order valence-corrected chi connectivity index (χ1v) is 9.38. The van der Waals surface area contributed by atoms with Crippen molar-refractivity contribution in [2.45, 2.75) is 71.4 Å². The van der Waals surface area contributed by atoms with Crippen molar-refractivity contribution >= 4 is 10.1 Å². The summed E-state index contributed by atoms with van der Waals surface area (Å²) in [7, 11) is -4.14. The molecule has 1 rings (SSSR count). The van der Waals surface area contributed by atoms with Crippen LogP contribution < -0.4 is 4.68 Å². The van der Waals surface area contributed by atoms with Crippen molar-refractivity contribution in [1.82, 2.24) is 9.90 Å². The quantitative estimate of drug-likeness (QED) is 0.355. The highest BCUT2D eigenvalue weighted by Gasteiger charge is 2.14. The molecule has 0 aliphatic carbocycles. The molecule has 1 heterocycles. The molecule has 0 N–H and O–H groups in total. The van der Waals surface area contributed by atoms with Crippen LogP contribution in [0.25, 0.3) is 0 Å². The summed E-state index contributed by atoms with van der Waals surface area (Å²) >= 11 is 0. The van der Waals surface area contributed by atoms with E-state index in [0.717, 1.165) is 13.0 Å². The van der Waals surface area contributed by atoms with E-state index in [0.29, 0.717) is 6.42 Å². The zero-order valence-electron chi connectivity index (χ0n) is 13.1. The molecule has 1 aromatic rings. The van der Waals surface area contributed by atoms with Crippen LogP contribution in [0.15, 0.2) is 12.4 Å². The molecule has 0 amide bonds. The predicted octanol–water partition coefficient (Wildman–Crippen LogP) is 2.03. The summed E-state index contributed by atoms with van der Waals surface area (Å²) in [4.78, 5) is 0. The van der Waals surface area contributed by atoms with E-state index in [1.807, 2.05) is 24.0 Å². The van der Waals surface area contributed by atoms with Crippen molar-refractivity contribution in [3.8, 4) is 0 Å². The molecule has 0 fully saturated rings. The first-order chi connectivity index (χ1) is 9.92. The molecule has 1 atom stereocenters. The van der Waals surface area contributed by atoms with Crippen LogP contribution in [0.2, 0.25) is 0 Å². The molecule has 0 aliphatic heterocycles. The minimum absolute atomic E-state index is 0.0838. The van der Waals surface area contributed by atoms with E-state index < -0.39 is 10.1 Å². The van der Waals surface area contributed by atoms with E-state index in [1.54, 1.807) is 4.68 Å². The average Bonchev–Trinajstić information content (AvgIpc) is 2.88. The van der Waals surface area contributed by atoms with Crippen molar-refractivity contribution in [1.29, 1.82) is 0 Å². The summed E-state index contributed by atoms with van der Waals surface area (Å²) < 4.78 is 35.5. The molecule has 122 valence electrons. The normalized spacial score (nSPS) is 13.5. The van der Waals surface area contributed by atoms with Gasteiger partial charge in [0, 0.05) is 12.2 Å². The molecule has 0 saturated carbocycles. The van der Waals surface area contributed by atoms with Gasteiger partial charge in [-0.15, -0.1) is 9.36 Å². The van der Waals surface area contributed by atoms with Crippen LogP contribution in [-0.4, -0.2) is 28.6 Å². The van der Waals surface area contributed by atoms with E-state index >= 15 is 0 Å². The van der Waals surface area contributed by atoms with Gasteiger partial charge in [0.1, 0.15) is 12.6 Å². The van der Waals surface area contributed by atoms with Crippen LogP contribution >= 0.6 is 0 Å². The maximum absolute atomic E-state index is 10.6. The molecule has 1 unspecified atom stereocenters. The zero-order valence-corrected chi connectivity index (χ0v) is 13.9. The highest BCUT2D eigenvalue weighted by molar-refractivity contribution is 7.85. The fraction of sp³-hybridized carbons (Fsp3) is 0.857. The molecule has 7 heteroatoms. The summed E-state index contributed by atoms with van der Waals surface area (Å²) in [5, 5.41) is 4.38. The summed E-state index contributed by atoms with van der Waals surface area (Å²) in [6.45, 7) is 4.96. The third-order valence-electron chi connectivity index (χ3n) is 3.59. The van der Waals surface area contributed by atoms with Gasteiger partial charge in [-0.1, -0.05) is 32.6 Å². The molecule has 0 spiro atoms. The Morgan fingerprint density at radius 3 is 2.57 bits per heavy atom. The fourth-order valence-corrected chi connectivity index (χ4v) is 2.82. The van der Waals surface area contributed by atoms with Crippen molar-refractivity contribution < 1.29 is 17.7 Å². The summed E-state index contributed by atoms with van der Waals surface area (Å²) in [6.07, 6.45) is 11.5. The van der Waals surface area contributed by atoms with Crippen LogP contribution in [-0.2, 0) is 16.7 Å². The zero-order chi connectivity index (χ0) is 15.7. The van der Waals surface area contributed by atoms with Gasteiger partial charge in [-0.2, -0.15) is 0 Å². The lowest BCUT2D eigenvalue weighted by Gasteiger charge is -2.08. The minimum atomic E-state index is -4.14. The topological polar surface area (TPSA) is 78.9 Å². The largest absolute Gasteiger partial charge is 0.748 e. The molecule has 0 bridgehead atoms.